The molecule has 2 aromatic heterocycles. The van der Waals surface area contributed by atoms with Crippen molar-refractivity contribution in [2.75, 3.05) is 0 Å². The molecule has 3 nitrogen and oxygen atoms in total. The molecule has 100 valence electrons. The number of pyridine rings is 1. The van der Waals surface area contributed by atoms with Gasteiger partial charge in [0.15, 0.2) is 10.6 Å². The Morgan fingerprint density at radius 1 is 1.10 bits per heavy atom. The average molecular weight is 281 g/mol. The van der Waals surface area contributed by atoms with Gasteiger partial charge < -0.3 is 4.57 Å². The van der Waals surface area contributed by atoms with E-state index in [-0.39, 0.29) is 0 Å². The first-order chi connectivity index (χ1) is 9.83. The topological polar surface area (TPSA) is 30.2 Å². The Balaban J connectivity index is 2.00. The average Bonchev–Trinajstić information content (AvgIpc) is 2.83. The van der Waals surface area contributed by atoms with E-state index in [4.69, 9.17) is 0 Å². The molecule has 0 radical (unpaired) electrons. The van der Waals surface area contributed by atoms with Crippen molar-refractivity contribution in [2.24, 2.45) is 4.99 Å². The second-order valence-electron chi connectivity index (χ2n) is 4.53. The van der Waals surface area contributed by atoms with Crippen molar-refractivity contribution in [1.82, 2.24) is 9.55 Å². The largest absolute Gasteiger partial charge is 0.317 e. The summed E-state index contributed by atoms with van der Waals surface area (Å²) in [5, 5.41) is 2.13. The lowest BCUT2D eigenvalue weighted by Crippen LogP contribution is -2.16. The van der Waals surface area contributed by atoms with Gasteiger partial charge in [0.1, 0.15) is 0 Å². The summed E-state index contributed by atoms with van der Waals surface area (Å²) < 4.78 is 2.22. The van der Waals surface area contributed by atoms with E-state index in [1.165, 1.54) is 11.3 Å². The number of rotatable bonds is 3. The van der Waals surface area contributed by atoms with E-state index in [0.29, 0.717) is 0 Å². The SMILES string of the molecule is Cc1cs/c(=N/c2ccccn2)n1Cc1ccccc1. The van der Waals surface area contributed by atoms with Gasteiger partial charge in [-0.15, -0.1) is 11.3 Å². The van der Waals surface area contributed by atoms with E-state index in [1.54, 1.807) is 17.5 Å². The molecule has 3 rings (SSSR count). The van der Waals surface area contributed by atoms with Crippen molar-refractivity contribution in [3.8, 4) is 0 Å². The van der Waals surface area contributed by atoms with Crippen LogP contribution in [-0.4, -0.2) is 9.55 Å². The summed E-state index contributed by atoms with van der Waals surface area (Å²) in [5.74, 6) is 0.746. The van der Waals surface area contributed by atoms with Gasteiger partial charge in [-0.25, -0.2) is 9.98 Å². The molecule has 0 atom stereocenters. The van der Waals surface area contributed by atoms with E-state index in [2.05, 4.69) is 51.1 Å². The lowest BCUT2D eigenvalue weighted by atomic mass is 10.2. The van der Waals surface area contributed by atoms with E-state index in [1.807, 2.05) is 24.3 Å². The van der Waals surface area contributed by atoms with Crippen LogP contribution in [0.25, 0.3) is 0 Å². The Kier molecular flexibility index (Phi) is 3.74. The van der Waals surface area contributed by atoms with Gasteiger partial charge in [0, 0.05) is 17.3 Å². The molecule has 0 fully saturated rings. The van der Waals surface area contributed by atoms with Gasteiger partial charge in [0.05, 0.1) is 6.54 Å². The zero-order valence-electron chi connectivity index (χ0n) is 11.2. The molecule has 2 heterocycles. The molecule has 0 amide bonds. The summed E-state index contributed by atoms with van der Waals surface area (Å²) in [4.78, 5) is 9.86. The van der Waals surface area contributed by atoms with E-state index in [9.17, 15) is 0 Å². The molecule has 0 aliphatic rings. The number of aromatic nitrogens is 2. The van der Waals surface area contributed by atoms with Crippen molar-refractivity contribution in [3.05, 3.63) is 76.2 Å². The number of hydrogen-bond acceptors (Lipinski definition) is 3. The Labute approximate surface area is 121 Å². The first-order valence-electron chi connectivity index (χ1n) is 6.47. The van der Waals surface area contributed by atoms with Gasteiger partial charge in [-0.2, -0.15) is 0 Å². The minimum atomic E-state index is 0.746. The molecule has 0 aliphatic heterocycles. The molecule has 0 saturated carbocycles. The van der Waals surface area contributed by atoms with Crippen LogP contribution in [0, 0.1) is 6.92 Å². The van der Waals surface area contributed by atoms with Gasteiger partial charge in [-0.1, -0.05) is 36.4 Å². The van der Waals surface area contributed by atoms with Crippen LogP contribution in [0.3, 0.4) is 0 Å². The van der Waals surface area contributed by atoms with Crippen LogP contribution in [0.15, 0.2) is 65.1 Å². The Bertz CT molecular complexity index is 742. The Morgan fingerprint density at radius 3 is 2.65 bits per heavy atom. The van der Waals surface area contributed by atoms with Crippen LogP contribution >= 0.6 is 11.3 Å². The fraction of sp³-hybridized carbons (Fsp3) is 0.125. The molecule has 0 aliphatic carbocycles. The lowest BCUT2D eigenvalue weighted by Gasteiger charge is -2.05. The second kappa shape index (κ2) is 5.84. The standard InChI is InChI=1S/C16H15N3S/c1-13-12-20-16(18-15-9-5-6-10-17-15)19(13)11-14-7-3-2-4-8-14/h2-10,12H,11H2,1H3/b18-16+. The maximum atomic E-state index is 4.63. The molecule has 0 spiro atoms. The van der Waals surface area contributed by atoms with Gasteiger partial charge in [0.25, 0.3) is 0 Å². The highest BCUT2D eigenvalue weighted by molar-refractivity contribution is 7.07. The van der Waals surface area contributed by atoms with Gasteiger partial charge >= 0.3 is 0 Å². The Hall–Kier alpha value is -2.20. The number of thiazole rings is 1. The third kappa shape index (κ3) is 2.86. The highest BCUT2D eigenvalue weighted by Gasteiger charge is 2.02. The maximum Gasteiger partial charge on any atom is 0.191 e. The van der Waals surface area contributed by atoms with E-state index < -0.39 is 0 Å². The van der Waals surface area contributed by atoms with Gasteiger partial charge in [0.2, 0.25) is 0 Å². The summed E-state index contributed by atoms with van der Waals surface area (Å²) in [7, 11) is 0. The summed E-state index contributed by atoms with van der Waals surface area (Å²) in [6.07, 6.45) is 1.76. The fourth-order valence-corrected chi connectivity index (χ4v) is 2.86. The number of hydrogen-bond donors (Lipinski definition) is 0. The van der Waals surface area contributed by atoms with Crippen molar-refractivity contribution in [1.29, 1.82) is 0 Å². The Morgan fingerprint density at radius 2 is 1.90 bits per heavy atom. The zero-order chi connectivity index (χ0) is 13.8. The molecule has 4 heteroatoms. The first kappa shape index (κ1) is 12.8. The van der Waals surface area contributed by atoms with Crippen molar-refractivity contribution < 1.29 is 0 Å². The summed E-state index contributed by atoms with van der Waals surface area (Å²) in [6.45, 7) is 2.94. The minimum Gasteiger partial charge on any atom is -0.317 e. The predicted octanol–water partition coefficient (Wildman–Crippen LogP) is 3.53. The smallest absolute Gasteiger partial charge is 0.191 e. The van der Waals surface area contributed by atoms with Crippen LogP contribution in [0.5, 0.6) is 0 Å². The quantitative estimate of drug-likeness (QED) is 0.722. The van der Waals surface area contributed by atoms with Gasteiger partial charge in [-0.3, -0.25) is 0 Å². The third-order valence-corrected chi connectivity index (χ3v) is 4.02. The van der Waals surface area contributed by atoms with Crippen LogP contribution in [0.1, 0.15) is 11.3 Å². The number of nitrogens with zero attached hydrogens (tertiary/aromatic N) is 3. The number of aryl methyl sites for hydroxylation is 1. The van der Waals surface area contributed by atoms with E-state index in [0.717, 1.165) is 17.2 Å². The molecule has 20 heavy (non-hydrogen) atoms. The first-order valence-corrected chi connectivity index (χ1v) is 7.35. The summed E-state index contributed by atoms with van der Waals surface area (Å²) >= 11 is 1.65. The molecule has 0 unspecified atom stereocenters. The summed E-state index contributed by atoms with van der Waals surface area (Å²) in [6, 6.07) is 16.2. The molecular weight excluding hydrogens is 266 g/mol. The zero-order valence-corrected chi connectivity index (χ0v) is 12.0. The second-order valence-corrected chi connectivity index (χ2v) is 5.37. The molecule has 3 aromatic rings. The normalized spacial score (nSPS) is 11.8. The molecular formula is C16H15N3S. The van der Waals surface area contributed by atoms with Crippen molar-refractivity contribution in [2.45, 2.75) is 13.5 Å². The van der Waals surface area contributed by atoms with Crippen LogP contribution in [0.4, 0.5) is 5.82 Å². The number of benzene rings is 1. The third-order valence-electron chi connectivity index (χ3n) is 3.03. The molecule has 0 N–H and O–H groups in total. The minimum absolute atomic E-state index is 0.746. The lowest BCUT2D eigenvalue weighted by molar-refractivity contribution is 0.741. The van der Waals surface area contributed by atoms with Crippen molar-refractivity contribution >= 4 is 17.2 Å². The monoisotopic (exact) mass is 281 g/mol. The van der Waals surface area contributed by atoms with Crippen LogP contribution < -0.4 is 4.80 Å². The van der Waals surface area contributed by atoms with Crippen LogP contribution in [-0.2, 0) is 6.54 Å². The van der Waals surface area contributed by atoms with E-state index >= 15 is 0 Å². The molecule has 0 bridgehead atoms. The maximum absolute atomic E-state index is 4.63. The van der Waals surface area contributed by atoms with Crippen LogP contribution in [0.2, 0.25) is 0 Å². The highest BCUT2D eigenvalue weighted by atomic mass is 32.1. The molecule has 1 aromatic carbocycles. The fourth-order valence-electron chi connectivity index (χ4n) is 1.98. The highest BCUT2D eigenvalue weighted by Crippen LogP contribution is 2.09. The predicted molar refractivity (Wildman–Crippen MR) is 82.1 cm³/mol. The van der Waals surface area contributed by atoms with Gasteiger partial charge in [-0.05, 0) is 24.6 Å². The molecule has 0 saturated heterocycles. The van der Waals surface area contributed by atoms with Crippen molar-refractivity contribution in [3.63, 3.8) is 0 Å². The summed E-state index contributed by atoms with van der Waals surface area (Å²) in [5.41, 5.74) is 2.49.